The van der Waals surface area contributed by atoms with E-state index in [1.54, 1.807) is 36.4 Å². The third kappa shape index (κ3) is 4.49. The van der Waals surface area contributed by atoms with Crippen molar-refractivity contribution in [1.82, 2.24) is 15.0 Å². The number of ether oxygens (including phenoxy) is 1. The fourth-order valence-electron chi connectivity index (χ4n) is 3.81. The Hall–Kier alpha value is -4.17. The van der Waals surface area contributed by atoms with E-state index >= 15 is 0 Å². The van der Waals surface area contributed by atoms with Crippen LogP contribution in [0.3, 0.4) is 0 Å². The number of nitrogens with zero attached hydrogens (tertiary/aromatic N) is 3. The number of para-hydroxylation sites is 2. The van der Waals surface area contributed by atoms with Crippen molar-refractivity contribution in [2.24, 2.45) is 5.10 Å². The number of benzene rings is 3. The molecule has 0 saturated carbocycles. The molecule has 1 aliphatic heterocycles. The molecule has 9 heteroatoms. The summed E-state index contributed by atoms with van der Waals surface area (Å²) in [5, 5.41) is 9.19. The number of aromatic nitrogens is 2. The van der Waals surface area contributed by atoms with E-state index in [4.69, 9.17) is 16.3 Å². The summed E-state index contributed by atoms with van der Waals surface area (Å²) >= 11 is 6.06. The summed E-state index contributed by atoms with van der Waals surface area (Å²) in [5.41, 5.74) is 3.84. The minimum absolute atomic E-state index is 0.180. The number of anilines is 1. The van der Waals surface area contributed by atoms with Crippen LogP contribution in [-0.2, 0) is 4.79 Å². The van der Waals surface area contributed by atoms with Gasteiger partial charge in [-0.25, -0.2) is 9.78 Å². The number of imidazole rings is 1. The van der Waals surface area contributed by atoms with Crippen LogP contribution >= 0.6 is 11.6 Å². The zero-order valence-corrected chi connectivity index (χ0v) is 18.9. The Morgan fingerprint density at radius 2 is 1.79 bits per heavy atom. The number of rotatable bonds is 4. The van der Waals surface area contributed by atoms with Crippen LogP contribution in [0.4, 0.5) is 10.5 Å². The highest BCUT2D eigenvalue weighted by atomic mass is 35.5. The second-order valence-electron chi connectivity index (χ2n) is 7.84. The van der Waals surface area contributed by atoms with Crippen molar-refractivity contribution in [3.8, 4) is 5.75 Å². The average molecular weight is 474 g/mol. The molecule has 0 aliphatic carbocycles. The molecule has 1 aromatic heterocycles. The summed E-state index contributed by atoms with van der Waals surface area (Å²) in [4.78, 5) is 32.3. The zero-order valence-electron chi connectivity index (χ0n) is 18.2. The maximum atomic E-state index is 13.1. The lowest BCUT2D eigenvalue weighted by molar-refractivity contribution is -0.114. The van der Waals surface area contributed by atoms with Gasteiger partial charge in [-0.15, -0.1) is 0 Å². The molecule has 0 saturated heterocycles. The number of carbonyl (C=O) groups is 2. The number of H-pyrrole nitrogens is 1. The quantitative estimate of drug-likeness (QED) is 0.407. The molecule has 170 valence electrons. The van der Waals surface area contributed by atoms with Crippen LogP contribution in [-0.4, -0.2) is 32.7 Å². The molecule has 5 rings (SSSR count). The average Bonchev–Trinajstić information content (AvgIpc) is 3.45. The number of hydrogen-bond acceptors (Lipinski definition) is 5. The fraction of sp³-hybridized carbons (Fsp3) is 0.120. The maximum absolute atomic E-state index is 13.1. The largest absolute Gasteiger partial charge is 0.436 e. The van der Waals surface area contributed by atoms with E-state index < -0.39 is 6.09 Å². The van der Waals surface area contributed by atoms with Gasteiger partial charge < -0.3 is 15.0 Å². The number of nitrogens with one attached hydrogen (secondary N) is 2. The number of hydrogen-bond donors (Lipinski definition) is 2. The van der Waals surface area contributed by atoms with E-state index in [2.05, 4.69) is 20.4 Å². The molecular weight excluding hydrogens is 454 g/mol. The first kappa shape index (κ1) is 21.7. The monoisotopic (exact) mass is 473 g/mol. The van der Waals surface area contributed by atoms with Crippen LogP contribution in [0.25, 0.3) is 11.0 Å². The van der Waals surface area contributed by atoms with E-state index in [-0.39, 0.29) is 11.9 Å². The molecule has 1 aliphatic rings. The molecule has 8 nitrogen and oxygen atoms in total. The molecule has 34 heavy (non-hydrogen) atoms. The Balaban J connectivity index is 1.43. The van der Waals surface area contributed by atoms with Gasteiger partial charge in [0.05, 0.1) is 17.1 Å². The number of amides is 2. The van der Waals surface area contributed by atoms with Gasteiger partial charge in [0.15, 0.2) is 5.82 Å². The molecule has 2 amide bonds. The van der Waals surface area contributed by atoms with Crippen LogP contribution in [0.5, 0.6) is 5.75 Å². The molecule has 1 atom stereocenters. The van der Waals surface area contributed by atoms with Crippen molar-refractivity contribution >= 4 is 46.0 Å². The molecular formula is C25H20ClN5O3. The van der Waals surface area contributed by atoms with Crippen LogP contribution < -0.4 is 10.1 Å². The van der Waals surface area contributed by atoms with Crippen molar-refractivity contribution in [3.05, 3.63) is 89.2 Å². The molecule has 0 radical (unpaired) electrons. The van der Waals surface area contributed by atoms with E-state index in [1.165, 1.54) is 11.9 Å². The molecule has 1 unspecified atom stereocenters. The minimum atomic E-state index is -0.627. The zero-order chi connectivity index (χ0) is 23.7. The second-order valence-corrected chi connectivity index (χ2v) is 8.28. The van der Waals surface area contributed by atoms with Crippen molar-refractivity contribution in [2.75, 3.05) is 5.32 Å². The van der Waals surface area contributed by atoms with Gasteiger partial charge in [-0.1, -0.05) is 35.9 Å². The Morgan fingerprint density at radius 3 is 2.50 bits per heavy atom. The van der Waals surface area contributed by atoms with Crippen molar-refractivity contribution < 1.29 is 14.3 Å². The minimum Gasteiger partial charge on any atom is -0.409 e. The fourth-order valence-corrected chi connectivity index (χ4v) is 3.94. The van der Waals surface area contributed by atoms with Crippen LogP contribution in [0, 0.1) is 0 Å². The summed E-state index contributed by atoms with van der Waals surface area (Å²) in [6.45, 7) is 1.43. The summed E-state index contributed by atoms with van der Waals surface area (Å²) in [5.74, 6) is 0.761. The number of carbonyl (C=O) groups excluding carboxylic acids is 2. The standard InChI is InChI=1S/C25H20ClN5O3/c1-15(32)27-18-10-12-19(13-11-18)34-25(33)31-23(16-6-8-17(26)9-7-16)14-22(30-31)24-28-20-4-2-3-5-21(20)29-24/h2-13,23H,14H2,1H3,(H,27,32)(H,28,29). The number of halogens is 1. The molecule has 0 bridgehead atoms. The van der Waals surface area contributed by atoms with Gasteiger partial charge >= 0.3 is 6.09 Å². The van der Waals surface area contributed by atoms with Crippen molar-refractivity contribution in [3.63, 3.8) is 0 Å². The first-order chi connectivity index (χ1) is 16.5. The van der Waals surface area contributed by atoms with Crippen molar-refractivity contribution in [2.45, 2.75) is 19.4 Å². The smallest absolute Gasteiger partial charge is 0.409 e. The highest BCUT2D eigenvalue weighted by Gasteiger charge is 2.35. The third-order valence-corrected chi connectivity index (χ3v) is 5.65. The Labute approximate surface area is 200 Å². The summed E-state index contributed by atoms with van der Waals surface area (Å²) < 4.78 is 5.59. The Morgan fingerprint density at radius 1 is 1.06 bits per heavy atom. The lowest BCUT2D eigenvalue weighted by Gasteiger charge is -2.21. The van der Waals surface area contributed by atoms with Gasteiger partial charge in [-0.05, 0) is 54.1 Å². The highest BCUT2D eigenvalue weighted by Crippen LogP contribution is 2.34. The van der Waals surface area contributed by atoms with Gasteiger partial charge in [0.2, 0.25) is 5.91 Å². The highest BCUT2D eigenvalue weighted by molar-refractivity contribution is 6.30. The Bertz CT molecular complexity index is 1360. The van der Waals surface area contributed by atoms with E-state index in [1.807, 2.05) is 36.4 Å². The van der Waals surface area contributed by atoms with Crippen LogP contribution in [0.2, 0.25) is 5.02 Å². The van der Waals surface area contributed by atoms with Gasteiger partial charge in [-0.3, -0.25) is 4.79 Å². The predicted molar refractivity (Wildman–Crippen MR) is 130 cm³/mol. The SMILES string of the molecule is CC(=O)Nc1ccc(OC(=O)N2N=C(c3nc4ccccc4[nH]3)CC2c2ccc(Cl)cc2)cc1. The molecule has 2 N–H and O–H groups in total. The number of hydrazone groups is 1. The number of fused-ring (bicyclic) bond motifs is 1. The van der Waals surface area contributed by atoms with Gasteiger partial charge in [0.1, 0.15) is 11.5 Å². The summed E-state index contributed by atoms with van der Waals surface area (Å²) in [6, 6.07) is 21.2. The predicted octanol–water partition coefficient (Wildman–Crippen LogP) is 5.52. The van der Waals surface area contributed by atoms with Gasteiger partial charge in [0, 0.05) is 24.1 Å². The molecule has 3 aromatic carbocycles. The molecule has 4 aromatic rings. The second kappa shape index (κ2) is 8.99. The number of aromatic amines is 1. The van der Waals surface area contributed by atoms with E-state index in [0.29, 0.717) is 34.4 Å². The normalized spacial score (nSPS) is 15.3. The van der Waals surface area contributed by atoms with Crippen molar-refractivity contribution in [1.29, 1.82) is 0 Å². The molecule has 0 spiro atoms. The molecule has 2 heterocycles. The van der Waals surface area contributed by atoms with Gasteiger partial charge in [0.25, 0.3) is 0 Å². The maximum Gasteiger partial charge on any atom is 0.436 e. The summed E-state index contributed by atoms with van der Waals surface area (Å²) in [6.07, 6.45) is -0.170. The van der Waals surface area contributed by atoms with Crippen LogP contribution in [0.1, 0.15) is 30.8 Å². The first-order valence-electron chi connectivity index (χ1n) is 10.6. The lowest BCUT2D eigenvalue weighted by atomic mass is 10.0. The lowest BCUT2D eigenvalue weighted by Crippen LogP contribution is -2.29. The van der Waals surface area contributed by atoms with E-state index in [9.17, 15) is 9.59 Å². The topological polar surface area (TPSA) is 99.7 Å². The Kier molecular flexibility index (Phi) is 5.73. The first-order valence-corrected chi connectivity index (χ1v) is 11.0. The van der Waals surface area contributed by atoms with Crippen LogP contribution in [0.15, 0.2) is 77.9 Å². The summed E-state index contributed by atoms with van der Waals surface area (Å²) in [7, 11) is 0. The third-order valence-electron chi connectivity index (χ3n) is 5.39. The van der Waals surface area contributed by atoms with Gasteiger partial charge in [-0.2, -0.15) is 10.1 Å². The molecule has 0 fully saturated rings. The van der Waals surface area contributed by atoms with E-state index in [0.717, 1.165) is 16.6 Å².